The van der Waals surface area contributed by atoms with Gasteiger partial charge in [-0.1, -0.05) is 83.9 Å². The fourth-order valence-corrected chi connectivity index (χ4v) is 32.0. The van der Waals surface area contributed by atoms with Crippen molar-refractivity contribution in [2.45, 2.75) is 147 Å². The molecule has 0 radical (unpaired) electrons. The number of carbonyl (C=O) groups excluding carboxylic acids is 4. The SMILES string of the molecule is Cc1cc(C)c(Nc2ccc(Nc3c(C)cc(OCCC[Si](C)(O[Si](C)(C)C)O[Si](C)(CCCOc4cc(C)c(Nc5ccc(Nc6c(C)cc(C)cc6C)c6c5C(=O)c5ccccc5C6=O)c(C)c4)O[Si](C)(C)C)cc3C)c3c2C(=O)c2ccccc2C3=O)c(C)c1. The molecule has 0 heterocycles. The molecule has 0 amide bonds. The molecule has 17 heteroatoms. The summed E-state index contributed by atoms with van der Waals surface area (Å²) in [6.07, 6.45) is 1.42. The molecule has 0 bridgehead atoms. The summed E-state index contributed by atoms with van der Waals surface area (Å²) in [4.78, 5) is 57.9. The number of anilines is 8. The van der Waals surface area contributed by atoms with E-state index in [1.165, 1.54) is 0 Å². The van der Waals surface area contributed by atoms with Gasteiger partial charge in [-0.2, -0.15) is 0 Å². The van der Waals surface area contributed by atoms with E-state index < -0.39 is 33.8 Å². The molecule has 2 aliphatic carbocycles. The summed E-state index contributed by atoms with van der Waals surface area (Å²) in [6.45, 7) is 39.0. The minimum atomic E-state index is -2.87. The molecule has 4 N–H and O–H groups in total. The minimum Gasteiger partial charge on any atom is -0.494 e. The quantitative estimate of drug-likeness (QED) is 0.0334. The van der Waals surface area contributed by atoms with E-state index >= 15 is 0 Å². The van der Waals surface area contributed by atoms with E-state index in [-0.39, 0.29) is 23.1 Å². The van der Waals surface area contributed by atoms with Gasteiger partial charge in [-0.05, 0) is 240 Å². The van der Waals surface area contributed by atoms with Crippen LogP contribution in [-0.2, 0) is 12.3 Å². The molecule has 2 unspecified atom stereocenters. The van der Waals surface area contributed by atoms with Gasteiger partial charge in [0.05, 0.1) is 58.2 Å². The Bertz CT molecular complexity index is 3960. The molecule has 93 heavy (non-hydrogen) atoms. The number of hydrogen-bond acceptors (Lipinski definition) is 13. The van der Waals surface area contributed by atoms with Crippen LogP contribution in [0, 0.1) is 69.2 Å². The Labute approximate surface area is 554 Å². The highest BCUT2D eigenvalue weighted by Gasteiger charge is 2.47. The topological polar surface area (TPSA) is 163 Å². The molecule has 0 aromatic heterocycles. The van der Waals surface area contributed by atoms with Crippen molar-refractivity contribution in [2.75, 3.05) is 34.5 Å². The molecule has 8 aromatic carbocycles. The van der Waals surface area contributed by atoms with Gasteiger partial charge in [0.2, 0.25) is 0 Å². The van der Waals surface area contributed by atoms with Crippen LogP contribution in [0.25, 0.3) is 0 Å². The maximum Gasteiger partial charge on any atom is 0.316 e. The lowest BCUT2D eigenvalue weighted by atomic mass is 9.82. The van der Waals surface area contributed by atoms with Gasteiger partial charge in [0, 0.05) is 45.0 Å². The van der Waals surface area contributed by atoms with E-state index in [2.05, 4.69) is 112 Å². The zero-order chi connectivity index (χ0) is 67.2. The van der Waals surface area contributed by atoms with Crippen molar-refractivity contribution in [2.24, 2.45) is 0 Å². The van der Waals surface area contributed by atoms with Crippen LogP contribution in [0.1, 0.15) is 132 Å². The number of benzene rings is 8. The molecule has 8 aromatic rings. The molecule has 484 valence electrons. The van der Waals surface area contributed by atoms with Gasteiger partial charge < -0.3 is 43.1 Å². The maximum atomic E-state index is 14.5. The Kier molecular flexibility index (Phi) is 19.5. The number of fused-ring (bicyclic) bond motifs is 4. The lowest BCUT2D eigenvalue weighted by molar-refractivity contribution is 0.0980. The summed E-state index contributed by atoms with van der Waals surface area (Å²) in [5.74, 6) is 0.657. The van der Waals surface area contributed by atoms with Gasteiger partial charge in [0.25, 0.3) is 0 Å². The van der Waals surface area contributed by atoms with E-state index in [9.17, 15) is 19.2 Å². The van der Waals surface area contributed by atoms with Crippen LogP contribution >= 0.6 is 0 Å². The third-order valence-corrected chi connectivity index (χ3v) is 31.5. The molecular formula is C76H90N4O9Si4. The number of nitrogens with one attached hydrogen (secondary N) is 4. The van der Waals surface area contributed by atoms with E-state index in [4.69, 9.17) is 21.8 Å². The van der Waals surface area contributed by atoms with Crippen molar-refractivity contribution in [3.8, 4) is 11.5 Å². The predicted molar refractivity (Wildman–Crippen MR) is 389 cm³/mol. The fourth-order valence-electron chi connectivity index (χ4n) is 13.7. The van der Waals surface area contributed by atoms with Crippen LogP contribution in [0.15, 0.2) is 121 Å². The van der Waals surface area contributed by atoms with Crippen molar-refractivity contribution in [3.05, 3.63) is 221 Å². The number of ketones is 4. The lowest BCUT2D eigenvalue weighted by Gasteiger charge is -2.43. The van der Waals surface area contributed by atoms with Crippen molar-refractivity contribution in [1.82, 2.24) is 0 Å². The first-order valence-electron chi connectivity index (χ1n) is 32.3. The van der Waals surface area contributed by atoms with E-state index in [0.29, 0.717) is 105 Å². The predicted octanol–water partition coefficient (Wildman–Crippen LogP) is 19.4. The third-order valence-electron chi connectivity index (χ3n) is 17.1. The Hall–Kier alpha value is -8.01. The largest absolute Gasteiger partial charge is 0.494 e. The Morgan fingerprint density at radius 1 is 0.323 bits per heavy atom. The number of ether oxygens (including phenoxy) is 2. The smallest absolute Gasteiger partial charge is 0.316 e. The normalized spacial score (nSPS) is 14.1. The third kappa shape index (κ3) is 15.0. The van der Waals surface area contributed by atoms with Crippen molar-refractivity contribution in [1.29, 1.82) is 0 Å². The lowest BCUT2D eigenvalue weighted by Crippen LogP contribution is -2.58. The second-order valence-corrected chi connectivity index (χ2v) is 44.3. The summed E-state index contributed by atoms with van der Waals surface area (Å²) < 4.78 is 34.7. The van der Waals surface area contributed by atoms with Gasteiger partial charge in [-0.3, -0.25) is 19.2 Å². The van der Waals surface area contributed by atoms with Gasteiger partial charge in [0.15, 0.2) is 39.8 Å². The van der Waals surface area contributed by atoms with E-state index in [1.54, 1.807) is 48.5 Å². The number of hydrogen-bond donors (Lipinski definition) is 4. The maximum absolute atomic E-state index is 14.5. The first kappa shape index (κ1) is 67.9. The van der Waals surface area contributed by atoms with Crippen LogP contribution < -0.4 is 30.7 Å². The number of rotatable bonds is 24. The zero-order valence-corrected chi connectivity index (χ0v) is 61.5. The van der Waals surface area contributed by atoms with Crippen LogP contribution in [-0.4, -0.2) is 70.1 Å². The van der Waals surface area contributed by atoms with Crippen LogP contribution in [0.2, 0.25) is 64.5 Å². The van der Waals surface area contributed by atoms with Gasteiger partial charge >= 0.3 is 17.1 Å². The highest BCUT2D eigenvalue weighted by molar-refractivity contribution is 6.89. The average Bonchev–Trinajstić information content (AvgIpc) is 0.745. The molecule has 2 aliphatic rings. The monoisotopic (exact) mass is 1310 g/mol. The standard InChI is InChI=1S/C76H90N4O9Si4/c1-45-37-47(3)69(48(4)38-45)77-61-29-31-63(67-65(61)73(81)57-25-19-21-27-59(57)75(67)83)79-71-51(7)41-55(42-52(71)8)85-33-23-35-92(17,87-90(11,12)13)89-93(18,88-91(14,15)16)36-24-34-86-56-43-53(9)72(54(10)44-56)80-64-32-30-62(78-70-49(5)39-46(2)40-50(70)6)66-68(64)76(84)60-28-22-20-26-58(60)74(66)82/h19-22,25-32,37-44,77-80H,23-24,33-36H2,1-18H3. The van der Waals surface area contributed by atoms with Crippen molar-refractivity contribution >= 4 is 102 Å². The second-order valence-electron chi connectivity index (χ2n) is 27.8. The molecular weight excluding hydrogens is 1230 g/mol. The minimum absolute atomic E-state index is 0.198. The average molecular weight is 1320 g/mol. The fraction of sp³-hybridized carbons (Fsp3) is 0.316. The Morgan fingerprint density at radius 2 is 0.559 bits per heavy atom. The van der Waals surface area contributed by atoms with Gasteiger partial charge in [-0.15, -0.1) is 0 Å². The molecule has 2 atom stereocenters. The highest BCUT2D eigenvalue weighted by Crippen LogP contribution is 2.44. The molecule has 0 spiro atoms. The molecule has 0 saturated heterocycles. The van der Waals surface area contributed by atoms with Crippen LogP contribution in [0.5, 0.6) is 11.5 Å². The first-order valence-corrected chi connectivity index (χ1v) is 44.2. The van der Waals surface area contributed by atoms with Crippen molar-refractivity contribution in [3.63, 3.8) is 0 Å². The van der Waals surface area contributed by atoms with Gasteiger partial charge in [0.1, 0.15) is 11.5 Å². The summed E-state index contributed by atoms with van der Waals surface area (Å²) in [5.41, 5.74) is 18.9. The number of aryl methyl sites for hydroxylation is 10. The number of carbonyl (C=O) groups is 4. The first-order chi connectivity index (χ1) is 43.8. The molecule has 0 saturated carbocycles. The zero-order valence-electron chi connectivity index (χ0n) is 57.5. The summed E-state index contributed by atoms with van der Waals surface area (Å²) in [5, 5.41) is 14.3. The van der Waals surface area contributed by atoms with Crippen molar-refractivity contribution < 1.29 is 41.0 Å². The summed E-state index contributed by atoms with van der Waals surface area (Å²) in [6, 6.07) is 39.6. The van der Waals surface area contributed by atoms with Crippen LogP contribution in [0.4, 0.5) is 45.5 Å². The Morgan fingerprint density at radius 3 is 0.796 bits per heavy atom. The molecule has 0 fully saturated rings. The van der Waals surface area contributed by atoms with E-state index in [0.717, 1.165) is 89.9 Å². The molecule has 10 rings (SSSR count). The summed E-state index contributed by atoms with van der Waals surface area (Å²) >= 11 is 0. The molecule has 13 nitrogen and oxygen atoms in total. The summed E-state index contributed by atoms with van der Waals surface area (Å²) in [7, 11) is -9.95. The van der Waals surface area contributed by atoms with Gasteiger partial charge in [-0.25, -0.2) is 0 Å². The Balaban J connectivity index is 0.803. The second kappa shape index (κ2) is 26.8. The van der Waals surface area contributed by atoms with Crippen LogP contribution in [0.3, 0.4) is 0 Å². The van der Waals surface area contributed by atoms with E-state index in [1.807, 2.05) is 104 Å². The molecule has 0 aliphatic heterocycles. The highest BCUT2D eigenvalue weighted by atomic mass is 28.5.